The van der Waals surface area contributed by atoms with Crippen molar-refractivity contribution in [3.63, 3.8) is 0 Å². The van der Waals surface area contributed by atoms with Gasteiger partial charge >= 0.3 is 0 Å². The van der Waals surface area contributed by atoms with Crippen LogP contribution < -0.4 is 10.5 Å². The van der Waals surface area contributed by atoms with Crippen molar-refractivity contribution in [1.29, 1.82) is 0 Å². The van der Waals surface area contributed by atoms with Crippen LogP contribution in [-0.4, -0.2) is 25.1 Å². The smallest absolute Gasteiger partial charge is 0.121 e. The van der Waals surface area contributed by atoms with Crippen LogP contribution in [0.25, 0.3) is 0 Å². The number of nitrogen functional groups attached to an aromatic ring is 1. The van der Waals surface area contributed by atoms with E-state index in [1.165, 1.54) is 16.7 Å². The molecule has 3 rings (SSSR count). The highest BCUT2D eigenvalue weighted by atomic mass is 16.5. The fraction of sp³-hybridized carbons (Fsp3) is 0.333. The van der Waals surface area contributed by atoms with Crippen LogP contribution in [0.2, 0.25) is 0 Å². The highest BCUT2D eigenvalue weighted by Gasteiger charge is 2.14. The highest BCUT2D eigenvalue weighted by molar-refractivity contribution is 5.47. The second-order valence-electron chi connectivity index (χ2n) is 5.66. The largest absolute Gasteiger partial charge is 0.497 e. The lowest BCUT2D eigenvalue weighted by atomic mass is 10.0. The van der Waals surface area contributed by atoms with E-state index in [2.05, 4.69) is 35.2 Å². The summed E-state index contributed by atoms with van der Waals surface area (Å²) in [6.45, 7) is 3.11. The Bertz CT molecular complexity index is 597. The summed E-state index contributed by atoms with van der Waals surface area (Å²) in [4.78, 5) is 2.49. The Hall–Kier alpha value is -2.00. The maximum Gasteiger partial charge on any atom is 0.121 e. The Morgan fingerprint density at radius 2 is 1.71 bits per heavy atom. The SMILES string of the molecule is COc1cc(N)cc(CN2CCc3ccccc3CC2)c1. The van der Waals surface area contributed by atoms with Crippen molar-refractivity contribution >= 4 is 5.69 Å². The first-order valence-corrected chi connectivity index (χ1v) is 7.47. The van der Waals surface area contributed by atoms with Crippen LogP contribution in [0.1, 0.15) is 16.7 Å². The average molecular weight is 282 g/mol. The minimum Gasteiger partial charge on any atom is -0.497 e. The molecular formula is C18H22N2O. The van der Waals surface area contributed by atoms with Crippen molar-refractivity contribution in [2.45, 2.75) is 19.4 Å². The van der Waals surface area contributed by atoms with Gasteiger partial charge in [-0.3, -0.25) is 4.90 Å². The van der Waals surface area contributed by atoms with Crippen LogP contribution in [0.3, 0.4) is 0 Å². The Balaban J connectivity index is 1.71. The topological polar surface area (TPSA) is 38.5 Å². The molecule has 0 aromatic heterocycles. The summed E-state index contributed by atoms with van der Waals surface area (Å²) in [7, 11) is 1.68. The van der Waals surface area contributed by atoms with E-state index >= 15 is 0 Å². The standard InChI is InChI=1S/C18H22N2O/c1-21-18-11-14(10-17(19)12-18)13-20-8-6-15-4-2-3-5-16(15)7-9-20/h2-5,10-12H,6-9,13,19H2,1H3. The van der Waals surface area contributed by atoms with Gasteiger partial charge in [0.1, 0.15) is 5.75 Å². The molecule has 2 aromatic rings. The third kappa shape index (κ3) is 3.37. The Morgan fingerprint density at radius 3 is 2.33 bits per heavy atom. The molecule has 0 atom stereocenters. The molecule has 3 nitrogen and oxygen atoms in total. The molecule has 3 heteroatoms. The number of nitrogens with two attached hydrogens (primary N) is 1. The van der Waals surface area contributed by atoms with Gasteiger partial charge in [0.2, 0.25) is 0 Å². The normalized spacial score (nSPS) is 15.3. The third-order valence-electron chi connectivity index (χ3n) is 4.14. The number of methoxy groups -OCH3 is 1. The average Bonchev–Trinajstić information content (AvgIpc) is 2.69. The molecule has 0 saturated carbocycles. The predicted octanol–water partition coefficient (Wildman–Crippen LogP) is 2.88. The van der Waals surface area contributed by atoms with Gasteiger partial charge in [-0.05, 0) is 41.7 Å². The van der Waals surface area contributed by atoms with Crippen molar-refractivity contribution in [3.8, 4) is 5.75 Å². The summed E-state index contributed by atoms with van der Waals surface area (Å²) in [6, 6.07) is 14.8. The van der Waals surface area contributed by atoms with Crippen LogP contribution >= 0.6 is 0 Å². The molecule has 0 unspecified atom stereocenters. The summed E-state index contributed by atoms with van der Waals surface area (Å²) < 4.78 is 5.30. The molecule has 21 heavy (non-hydrogen) atoms. The number of hydrogen-bond acceptors (Lipinski definition) is 3. The van der Waals surface area contributed by atoms with Gasteiger partial charge in [-0.15, -0.1) is 0 Å². The summed E-state index contributed by atoms with van der Waals surface area (Å²) in [5, 5.41) is 0. The number of fused-ring (bicyclic) bond motifs is 1. The van der Waals surface area contributed by atoms with E-state index in [1.54, 1.807) is 7.11 Å². The highest BCUT2D eigenvalue weighted by Crippen LogP contribution is 2.21. The maximum absolute atomic E-state index is 5.94. The summed E-state index contributed by atoms with van der Waals surface area (Å²) >= 11 is 0. The molecule has 1 aliphatic rings. The lowest BCUT2D eigenvalue weighted by Gasteiger charge is -2.20. The molecule has 1 aliphatic heterocycles. The second kappa shape index (κ2) is 6.19. The Morgan fingerprint density at radius 1 is 1.05 bits per heavy atom. The molecule has 0 bridgehead atoms. The van der Waals surface area contributed by atoms with Crippen molar-refractivity contribution in [2.75, 3.05) is 25.9 Å². The van der Waals surface area contributed by atoms with E-state index in [1.807, 2.05) is 12.1 Å². The number of rotatable bonds is 3. The lowest BCUT2D eigenvalue weighted by molar-refractivity contribution is 0.279. The number of anilines is 1. The molecule has 2 N–H and O–H groups in total. The zero-order valence-corrected chi connectivity index (χ0v) is 12.5. The third-order valence-corrected chi connectivity index (χ3v) is 4.14. The first kappa shape index (κ1) is 14.0. The predicted molar refractivity (Wildman–Crippen MR) is 86.5 cm³/mol. The molecule has 0 fully saturated rings. The molecular weight excluding hydrogens is 260 g/mol. The van der Waals surface area contributed by atoms with Gasteiger partial charge < -0.3 is 10.5 Å². The minimum atomic E-state index is 0.766. The summed E-state index contributed by atoms with van der Waals surface area (Å²) in [5.74, 6) is 0.836. The fourth-order valence-electron chi connectivity index (χ4n) is 3.03. The van der Waals surface area contributed by atoms with Crippen molar-refractivity contribution in [2.24, 2.45) is 0 Å². The fourth-order valence-corrected chi connectivity index (χ4v) is 3.03. The van der Waals surface area contributed by atoms with Crippen LogP contribution in [-0.2, 0) is 19.4 Å². The van der Waals surface area contributed by atoms with E-state index < -0.39 is 0 Å². The zero-order chi connectivity index (χ0) is 14.7. The van der Waals surface area contributed by atoms with Gasteiger partial charge in [0.05, 0.1) is 7.11 Å². The Kier molecular flexibility index (Phi) is 4.11. The quantitative estimate of drug-likeness (QED) is 0.880. The number of ether oxygens (including phenoxy) is 1. The van der Waals surface area contributed by atoms with E-state index in [0.717, 1.165) is 43.9 Å². The number of hydrogen-bond donors (Lipinski definition) is 1. The zero-order valence-electron chi connectivity index (χ0n) is 12.5. The maximum atomic E-state index is 5.94. The molecule has 0 radical (unpaired) electrons. The molecule has 0 saturated heterocycles. The molecule has 0 amide bonds. The van der Waals surface area contributed by atoms with Crippen molar-refractivity contribution in [3.05, 3.63) is 59.2 Å². The molecule has 110 valence electrons. The molecule has 0 aliphatic carbocycles. The minimum absolute atomic E-state index is 0.766. The second-order valence-corrected chi connectivity index (χ2v) is 5.66. The van der Waals surface area contributed by atoms with E-state index in [-0.39, 0.29) is 0 Å². The first-order chi connectivity index (χ1) is 10.2. The van der Waals surface area contributed by atoms with Crippen molar-refractivity contribution < 1.29 is 4.74 Å². The van der Waals surface area contributed by atoms with Crippen LogP contribution in [0.15, 0.2) is 42.5 Å². The van der Waals surface area contributed by atoms with E-state index in [0.29, 0.717) is 0 Å². The van der Waals surface area contributed by atoms with Crippen molar-refractivity contribution in [1.82, 2.24) is 4.90 Å². The van der Waals surface area contributed by atoms with Crippen LogP contribution in [0.4, 0.5) is 5.69 Å². The van der Waals surface area contributed by atoms with Gasteiger partial charge in [0.15, 0.2) is 0 Å². The summed E-state index contributed by atoms with van der Waals surface area (Å²) in [5.41, 5.74) is 10.9. The van der Waals surface area contributed by atoms with Crippen LogP contribution in [0.5, 0.6) is 5.75 Å². The van der Waals surface area contributed by atoms with Gasteiger partial charge in [-0.25, -0.2) is 0 Å². The lowest BCUT2D eigenvalue weighted by Crippen LogP contribution is -2.26. The van der Waals surface area contributed by atoms with Gasteiger partial charge in [0.25, 0.3) is 0 Å². The van der Waals surface area contributed by atoms with Gasteiger partial charge in [-0.1, -0.05) is 24.3 Å². The Labute approximate surface area is 126 Å². The van der Waals surface area contributed by atoms with Gasteiger partial charge in [-0.2, -0.15) is 0 Å². The molecule has 1 heterocycles. The number of benzene rings is 2. The number of nitrogens with zero attached hydrogens (tertiary/aromatic N) is 1. The molecule has 2 aromatic carbocycles. The first-order valence-electron chi connectivity index (χ1n) is 7.47. The van der Waals surface area contributed by atoms with Crippen LogP contribution in [0, 0.1) is 0 Å². The summed E-state index contributed by atoms with van der Waals surface area (Å²) in [6.07, 6.45) is 2.24. The van der Waals surface area contributed by atoms with Gasteiger partial charge in [0, 0.05) is 31.4 Å². The molecule has 0 spiro atoms. The van der Waals surface area contributed by atoms with E-state index in [9.17, 15) is 0 Å². The monoisotopic (exact) mass is 282 g/mol. The van der Waals surface area contributed by atoms with E-state index in [4.69, 9.17) is 10.5 Å².